The lowest BCUT2D eigenvalue weighted by molar-refractivity contribution is -0.0227. The van der Waals surface area contributed by atoms with E-state index in [1.807, 2.05) is 12.4 Å². The van der Waals surface area contributed by atoms with Gasteiger partial charge in [-0.1, -0.05) is 0 Å². The number of thiazole rings is 1. The van der Waals surface area contributed by atoms with Crippen molar-refractivity contribution in [3.63, 3.8) is 0 Å². The first-order valence-electron chi connectivity index (χ1n) is 5.78. The second kappa shape index (κ2) is 5.91. The molecule has 0 fully saturated rings. The number of likely N-dealkylation sites (N-methyl/N-ethyl adjacent to an activating group) is 1. The molecule has 1 aromatic heterocycles. The van der Waals surface area contributed by atoms with E-state index >= 15 is 0 Å². The van der Waals surface area contributed by atoms with Crippen molar-refractivity contribution in [2.75, 3.05) is 20.7 Å². The van der Waals surface area contributed by atoms with E-state index in [4.69, 9.17) is 10.5 Å². The van der Waals surface area contributed by atoms with Crippen LogP contribution >= 0.6 is 11.3 Å². The summed E-state index contributed by atoms with van der Waals surface area (Å²) in [5.41, 5.74) is 8.75. The smallest absolute Gasteiger partial charge is 0.0798 e. The number of aryl methyl sites for hydroxylation is 1. The Labute approximate surface area is 108 Å². The Morgan fingerprint density at radius 2 is 2.29 bits per heavy atom. The molecule has 0 saturated carbocycles. The van der Waals surface area contributed by atoms with Crippen LogP contribution in [0.25, 0.3) is 0 Å². The summed E-state index contributed by atoms with van der Waals surface area (Å²) in [6.45, 7) is 7.66. The molecule has 98 valence electrons. The molecule has 2 unspecified atom stereocenters. The lowest BCUT2D eigenvalue weighted by Gasteiger charge is -2.41. The predicted octanol–water partition coefficient (Wildman–Crippen LogP) is 1.64. The maximum atomic E-state index is 5.92. The molecule has 4 nitrogen and oxygen atoms in total. The summed E-state index contributed by atoms with van der Waals surface area (Å²) in [6, 6.07) is 0. The van der Waals surface area contributed by atoms with Gasteiger partial charge in [0.15, 0.2) is 0 Å². The molecule has 0 aliphatic carbocycles. The molecular formula is C12H23N3OS. The van der Waals surface area contributed by atoms with Gasteiger partial charge in [-0.25, -0.2) is 4.98 Å². The van der Waals surface area contributed by atoms with E-state index in [1.165, 1.54) is 4.88 Å². The summed E-state index contributed by atoms with van der Waals surface area (Å²) in [6.07, 6.45) is 0.0886. The first-order valence-corrected chi connectivity index (χ1v) is 6.66. The molecule has 2 N–H and O–H groups in total. The Morgan fingerprint density at radius 3 is 2.71 bits per heavy atom. The summed E-state index contributed by atoms with van der Waals surface area (Å²) < 4.78 is 5.44. The van der Waals surface area contributed by atoms with Gasteiger partial charge in [0.1, 0.15) is 0 Å². The minimum absolute atomic E-state index is 0.0886. The van der Waals surface area contributed by atoms with E-state index in [1.54, 1.807) is 18.4 Å². The van der Waals surface area contributed by atoms with E-state index in [9.17, 15) is 0 Å². The van der Waals surface area contributed by atoms with Crippen LogP contribution in [-0.4, -0.2) is 42.2 Å². The van der Waals surface area contributed by atoms with Crippen molar-refractivity contribution < 1.29 is 4.74 Å². The molecule has 0 saturated heterocycles. The van der Waals surface area contributed by atoms with E-state index in [0.29, 0.717) is 6.54 Å². The maximum Gasteiger partial charge on any atom is 0.0798 e. The summed E-state index contributed by atoms with van der Waals surface area (Å²) >= 11 is 1.69. The number of hydrogen-bond acceptors (Lipinski definition) is 5. The molecule has 1 aromatic rings. The second-order valence-electron chi connectivity index (χ2n) is 4.66. The Morgan fingerprint density at radius 1 is 1.65 bits per heavy atom. The highest BCUT2D eigenvalue weighted by Crippen LogP contribution is 2.23. The molecule has 5 heteroatoms. The average molecular weight is 257 g/mol. The molecule has 0 aromatic carbocycles. The molecule has 0 aliphatic rings. The third-order valence-corrected chi connectivity index (χ3v) is 4.66. The van der Waals surface area contributed by atoms with Gasteiger partial charge in [0.05, 0.1) is 22.8 Å². The normalized spacial score (nSPS) is 17.1. The fourth-order valence-corrected chi connectivity index (χ4v) is 2.59. The van der Waals surface area contributed by atoms with Gasteiger partial charge >= 0.3 is 0 Å². The van der Waals surface area contributed by atoms with Gasteiger partial charge in [-0.15, -0.1) is 11.3 Å². The molecular weight excluding hydrogens is 234 g/mol. The molecule has 0 aliphatic heterocycles. The number of nitrogens with two attached hydrogens (primary N) is 1. The van der Waals surface area contributed by atoms with Crippen LogP contribution < -0.4 is 5.73 Å². The van der Waals surface area contributed by atoms with Gasteiger partial charge in [0.2, 0.25) is 0 Å². The number of ether oxygens (including phenoxy) is 1. The zero-order valence-corrected chi connectivity index (χ0v) is 12.2. The molecule has 0 bridgehead atoms. The number of aromatic nitrogens is 1. The monoisotopic (exact) mass is 257 g/mol. The predicted molar refractivity (Wildman–Crippen MR) is 72.2 cm³/mol. The number of nitrogens with zero attached hydrogens (tertiary/aromatic N) is 2. The van der Waals surface area contributed by atoms with Crippen molar-refractivity contribution in [3.8, 4) is 0 Å². The molecule has 0 amide bonds. The van der Waals surface area contributed by atoms with Crippen molar-refractivity contribution in [2.45, 2.75) is 39.0 Å². The molecule has 0 radical (unpaired) electrons. The van der Waals surface area contributed by atoms with Gasteiger partial charge < -0.3 is 10.5 Å². The largest absolute Gasteiger partial charge is 0.380 e. The van der Waals surface area contributed by atoms with Crippen LogP contribution in [0.3, 0.4) is 0 Å². The van der Waals surface area contributed by atoms with Crippen LogP contribution in [0.2, 0.25) is 0 Å². The molecule has 1 rings (SSSR count). The van der Waals surface area contributed by atoms with Gasteiger partial charge in [-0.2, -0.15) is 0 Å². The summed E-state index contributed by atoms with van der Waals surface area (Å²) in [5, 5.41) is 0. The van der Waals surface area contributed by atoms with Gasteiger partial charge in [-0.05, 0) is 27.8 Å². The van der Waals surface area contributed by atoms with Gasteiger partial charge in [-0.3, -0.25) is 4.90 Å². The quantitative estimate of drug-likeness (QED) is 0.841. The third-order valence-electron chi connectivity index (χ3n) is 3.74. The summed E-state index contributed by atoms with van der Waals surface area (Å²) in [4.78, 5) is 7.81. The van der Waals surface area contributed by atoms with Crippen LogP contribution in [0.15, 0.2) is 5.51 Å². The first kappa shape index (κ1) is 14.6. The van der Waals surface area contributed by atoms with Crippen molar-refractivity contribution in [1.82, 2.24) is 9.88 Å². The van der Waals surface area contributed by atoms with E-state index in [-0.39, 0.29) is 11.6 Å². The highest BCUT2D eigenvalue weighted by molar-refractivity contribution is 7.09. The minimum Gasteiger partial charge on any atom is -0.380 e. The average Bonchev–Trinajstić information content (AvgIpc) is 2.72. The molecule has 17 heavy (non-hydrogen) atoms. The Balaban J connectivity index is 2.80. The molecule has 2 atom stereocenters. The summed E-state index contributed by atoms with van der Waals surface area (Å²) in [7, 11) is 3.81. The number of hydrogen-bond donors (Lipinski definition) is 1. The lowest BCUT2D eigenvalue weighted by Crippen LogP contribution is -2.57. The topological polar surface area (TPSA) is 51.4 Å². The van der Waals surface area contributed by atoms with Crippen LogP contribution in [0.1, 0.15) is 24.4 Å². The minimum atomic E-state index is -0.162. The first-order chi connectivity index (χ1) is 7.95. The lowest BCUT2D eigenvalue weighted by atomic mass is 9.93. The van der Waals surface area contributed by atoms with Gasteiger partial charge in [0, 0.05) is 25.1 Å². The fraction of sp³-hybridized carbons (Fsp3) is 0.750. The van der Waals surface area contributed by atoms with Crippen LogP contribution in [-0.2, 0) is 11.3 Å². The van der Waals surface area contributed by atoms with Crippen molar-refractivity contribution in [2.24, 2.45) is 5.73 Å². The van der Waals surface area contributed by atoms with Crippen molar-refractivity contribution in [1.29, 1.82) is 0 Å². The SMILES string of the molecule is COC(C)C(C)(CN)N(C)Cc1scnc1C. The van der Waals surface area contributed by atoms with Crippen molar-refractivity contribution >= 4 is 11.3 Å². The van der Waals surface area contributed by atoms with Gasteiger partial charge in [0.25, 0.3) is 0 Å². The number of rotatable bonds is 6. The van der Waals surface area contributed by atoms with Crippen LogP contribution in [0.4, 0.5) is 0 Å². The highest BCUT2D eigenvalue weighted by Gasteiger charge is 2.34. The third kappa shape index (κ3) is 3.04. The Kier molecular flexibility index (Phi) is 5.06. The van der Waals surface area contributed by atoms with E-state index in [2.05, 4.69) is 30.8 Å². The van der Waals surface area contributed by atoms with Crippen LogP contribution in [0.5, 0.6) is 0 Å². The zero-order valence-electron chi connectivity index (χ0n) is 11.4. The Hall–Kier alpha value is -0.490. The standard InChI is InChI=1S/C12H23N3OS/c1-9-11(17-8-14-9)6-15(4)12(3,7-13)10(2)16-5/h8,10H,6-7,13H2,1-5H3. The second-order valence-corrected chi connectivity index (χ2v) is 5.60. The van der Waals surface area contributed by atoms with Crippen LogP contribution in [0, 0.1) is 6.92 Å². The molecule has 1 heterocycles. The maximum absolute atomic E-state index is 5.92. The van der Waals surface area contributed by atoms with E-state index < -0.39 is 0 Å². The summed E-state index contributed by atoms with van der Waals surface area (Å²) in [5.74, 6) is 0. The Bertz CT molecular complexity index is 355. The molecule has 0 spiro atoms. The fourth-order valence-electron chi connectivity index (χ4n) is 1.76. The van der Waals surface area contributed by atoms with Crippen molar-refractivity contribution in [3.05, 3.63) is 16.1 Å². The zero-order chi connectivity index (χ0) is 13.1. The van der Waals surface area contributed by atoms with E-state index in [0.717, 1.165) is 12.2 Å². The highest BCUT2D eigenvalue weighted by atomic mass is 32.1. The number of methoxy groups -OCH3 is 1.